The molecular weight excluding hydrogens is 128 g/mol. The summed E-state index contributed by atoms with van der Waals surface area (Å²) in [7, 11) is 0. The first-order chi connectivity index (χ1) is 4.97. The van der Waals surface area contributed by atoms with Crippen molar-refractivity contribution in [1.82, 2.24) is 21.3 Å². The van der Waals surface area contributed by atoms with Crippen LogP contribution in [0.1, 0.15) is 0 Å². The van der Waals surface area contributed by atoms with Crippen molar-refractivity contribution in [1.29, 1.82) is 0 Å². The Hall–Kier alpha value is -1.41. The molecule has 0 unspecified atom stereocenters. The van der Waals surface area contributed by atoms with Crippen LogP contribution in [0.25, 0.3) is 0 Å². The fourth-order valence-corrected chi connectivity index (χ4v) is 0.983. The van der Waals surface area contributed by atoms with E-state index in [2.05, 4.69) is 27.5 Å². The molecule has 0 spiro atoms. The lowest BCUT2D eigenvalue weighted by atomic mass is 10.3. The fourth-order valence-electron chi connectivity index (χ4n) is 0.983. The first-order valence-electron chi connectivity index (χ1n) is 3.24. The molecule has 0 atom stereocenters. The summed E-state index contributed by atoms with van der Waals surface area (Å²) in [4.78, 5) is 0. The van der Waals surface area contributed by atoms with Crippen LogP contribution in [0.3, 0.4) is 0 Å². The zero-order valence-electron chi connectivity index (χ0n) is 5.49. The Labute approximate surface area is 59.4 Å². The third-order valence-electron chi connectivity index (χ3n) is 1.46. The first-order valence-corrected chi connectivity index (χ1v) is 3.24. The lowest BCUT2D eigenvalue weighted by molar-refractivity contribution is 0.602. The molecule has 2 rings (SSSR count). The van der Waals surface area contributed by atoms with Crippen molar-refractivity contribution in [2.75, 3.05) is 13.3 Å². The zero-order valence-corrected chi connectivity index (χ0v) is 5.49. The van der Waals surface area contributed by atoms with Crippen molar-refractivity contribution in [2.24, 2.45) is 0 Å². The normalized spacial score (nSPS) is 20.8. The van der Waals surface area contributed by atoms with Crippen LogP contribution in [0.15, 0.2) is 17.6 Å². The summed E-state index contributed by atoms with van der Waals surface area (Å²) in [6.45, 7) is 1.52. The number of rotatable bonds is 0. The van der Waals surface area contributed by atoms with E-state index in [0.29, 0.717) is 0 Å². The Bertz CT molecular complexity index is 172. The summed E-state index contributed by atoms with van der Waals surface area (Å²) in [6, 6.07) is 0. The highest BCUT2D eigenvalue weighted by Crippen LogP contribution is 2.04. The predicted octanol–water partition coefficient (Wildman–Crippen LogP) is -1.23. The highest BCUT2D eigenvalue weighted by atomic mass is 15.2. The molecule has 2 aliphatic rings. The molecule has 0 bridgehead atoms. The van der Waals surface area contributed by atoms with Crippen LogP contribution in [-0.2, 0) is 0 Å². The van der Waals surface area contributed by atoms with Crippen LogP contribution in [0, 0.1) is 6.20 Å². The van der Waals surface area contributed by atoms with Gasteiger partial charge in [0.1, 0.15) is 12.9 Å². The van der Waals surface area contributed by atoms with E-state index in [-0.39, 0.29) is 0 Å². The van der Waals surface area contributed by atoms with Gasteiger partial charge in [0.05, 0.1) is 6.67 Å². The largest absolute Gasteiger partial charge is 0.355 e. The molecule has 52 valence electrons. The van der Waals surface area contributed by atoms with E-state index in [0.717, 1.165) is 24.7 Å². The van der Waals surface area contributed by atoms with Gasteiger partial charge in [0.25, 0.3) is 0 Å². The molecule has 2 aliphatic heterocycles. The molecule has 0 fully saturated rings. The topological polar surface area (TPSA) is 48.1 Å². The predicted molar refractivity (Wildman–Crippen MR) is 37.1 cm³/mol. The van der Waals surface area contributed by atoms with Gasteiger partial charge in [-0.25, -0.2) is 5.32 Å². The third kappa shape index (κ3) is 0.748. The second kappa shape index (κ2) is 2.08. The molecular formula is C6H9N4+. The van der Waals surface area contributed by atoms with Gasteiger partial charge in [-0.15, -0.1) is 0 Å². The minimum atomic E-state index is 0.749. The molecule has 0 amide bonds. The van der Waals surface area contributed by atoms with Crippen molar-refractivity contribution in [3.8, 4) is 0 Å². The van der Waals surface area contributed by atoms with Gasteiger partial charge in [-0.1, -0.05) is 0 Å². The van der Waals surface area contributed by atoms with Crippen LogP contribution >= 0.6 is 0 Å². The maximum absolute atomic E-state index is 3.15. The molecule has 4 nitrogen and oxygen atoms in total. The van der Waals surface area contributed by atoms with E-state index in [9.17, 15) is 0 Å². The standard InChI is InChI=1S/C6H9N4/c1-5-6(10-3-7-1)2-8-4-9-5/h1,7-10H,3-4H2/q+1. The second-order valence-electron chi connectivity index (χ2n) is 2.15. The minimum absolute atomic E-state index is 0.749. The Morgan fingerprint density at radius 3 is 3.20 bits per heavy atom. The Balaban J connectivity index is 2.25. The van der Waals surface area contributed by atoms with Gasteiger partial charge in [-0.3, -0.25) is 5.32 Å². The van der Waals surface area contributed by atoms with Gasteiger partial charge in [0, 0.05) is 0 Å². The summed E-state index contributed by atoms with van der Waals surface area (Å²) in [5.74, 6) is 0. The highest BCUT2D eigenvalue weighted by molar-refractivity contribution is 5.28. The molecule has 0 radical (unpaired) electrons. The van der Waals surface area contributed by atoms with Crippen molar-refractivity contribution in [2.45, 2.75) is 0 Å². The zero-order chi connectivity index (χ0) is 6.81. The van der Waals surface area contributed by atoms with E-state index < -0.39 is 0 Å². The van der Waals surface area contributed by atoms with Crippen LogP contribution < -0.4 is 21.3 Å². The third-order valence-corrected chi connectivity index (χ3v) is 1.46. The molecule has 0 aliphatic carbocycles. The highest BCUT2D eigenvalue weighted by Gasteiger charge is 2.23. The van der Waals surface area contributed by atoms with Crippen LogP contribution in [0.4, 0.5) is 0 Å². The number of fused-ring (bicyclic) bond motifs is 1. The molecule has 0 saturated carbocycles. The van der Waals surface area contributed by atoms with Gasteiger partial charge in [0.15, 0.2) is 0 Å². The molecule has 0 aromatic carbocycles. The number of hydrogen-bond donors (Lipinski definition) is 4. The van der Waals surface area contributed by atoms with E-state index in [1.54, 1.807) is 0 Å². The van der Waals surface area contributed by atoms with Crippen molar-refractivity contribution < 1.29 is 0 Å². The smallest absolute Gasteiger partial charge is 0.310 e. The Morgan fingerprint density at radius 2 is 2.30 bits per heavy atom. The van der Waals surface area contributed by atoms with Crippen molar-refractivity contribution >= 4 is 0 Å². The van der Waals surface area contributed by atoms with E-state index in [4.69, 9.17) is 0 Å². The molecule has 2 heterocycles. The summed E-state index contributed by atoms with van der Waals surface area (Å²) in [6.07, 6.45) is 4.95. The molecule has 0 saturated heterocycles. The molecule has 0 aromatic heterocycles. The first kappa shape index (κ1) is 5.38. The molecule has 4 N–H and O–H groups in total. The van der Waals surface area contributed by atoms with Gasteiger partial charge in [-0.2, -0.15) is 0 Å². The van der Waals surface area contributed by atoms with Gasteiger partial charge >= 0.3 is 5.70 Å². The SMILES string of the molecule is [C+]1=C2NCNC=C2NCN1. The average molecular weight is 137 g/mol. The quantitative estimate of drug-likeness (QED) is 0.316. The van der Waals surface area contributed by atoms with Crippen LogP contribution in [-0.4, -0.2) is 13.3 Å². The van der Waals surface area contributed by atoms with Crippen molar-refractivity contribution in [3.05, 3.63) is 23.8 Å². The van der Waals surface area contributed by atoms with Crippen LogP contribution in [0.2, 0.25) is 0 Å². The maximum Gasteiger partial charge on any atom is 0.310 e. The Morgan fingerprint density at radius 1 is 1.30 bits per heavy atom. The number of hydrogen-bond acceptors (Lipinski definition) is 4. The molecule has 0 aromatic rings. The summed E-state index contributed by atoms with van der Waals surface area (Å²) in [5.41, 5.74) is 2.08. The van der Waals surface area contributed by atoms with Crippen molar-refractivity contribution in [3.63, 3.8) is 0 Å². The van der Waals surface area contributed by atoms with Crippen LogP contribution in [0.5, 0.6) is 0 Å². The van der Waals surface area contributed by atoms with Gasteiger partial charge in [0.2, 0.25) is 11.9 Å². The lowest BCUT2D eigenvalue weighted by Crippen LogP contribution is -2.42. The summed E-state index contributed by atoms with van der Waals surface area (Å²) < 4.78 is 0. The second-order valence-corrected chi connectivity index (χ2v) is 2.15. The monoisotopic (exact) mass is 137 g/mol. The maximum atomic E-state index is 3.15. The fraction of sp³-hybridized carbons (Fsp3) is 0.333. The summed E-state index contributed by atoms with van der Waals surface area (Å²) in [5, 5.41) is 12.3. The summed E-state index contributed by atoms with van der Waals surface area (Å²) >= 11 is 0. The Kier molecular flexibility index (Phi) is 1.12. The average Bonchev–Trinajstić information content (AvgIpc) is 2.05. The lowest BCUT2D eigenvalue weighted by Gasteiger charge is -2.14. The molecule has 10 heavy (non-hydrogen) atoms. The van der Waals surface area contributed by atoms with Gasteiger partial charge < -0.3 is 10.6 Å². The van der Waals surface area contributed by atoms with E-state index >= 15 is 0 Å². The molecule has 4 heteroatoms. The number of nitrogens with one attached hydrogen (secondary N) is 4. The van der Waals surface area contributed by atoms with E-state index in [1.807, 2.05) is 6.20 Å². The van der Waals surface area contributed by atoms with E-state index in [1.165, 1.54) is 0 Å². The minimum Gasteiger partial charge on any atom is -0.355 e. The van der Waals surface area contributed by atoms with Gasteiger partial charge in [-0.05, 0) is 0 Å².